The number of rotatable bonds is 4. The average molecular weight is 328 g/mol. The summed E-state index contributed by atoms with van der Waals surface area (Å²) in [4.78, 5) is 15.6. The zero-order valence-electron chi connectivity index (χ0n) is 12.1. The molecule has 1 aliphatic heterocycles. The highest BCUT2D eigenvalue weighted by Gasteiger charge is 2.18. The molecule has 0 saturated heterocycles. The molecule has 1 aromatic heterocycles. The SMILES string of the molecule is O=C(CSC1=NN=C(c2ccncc2F)C1)Nc1ccccc1. The van der Waals surface area contributed by atoms with E-state index in [1.165, 1.54) is 18.0 Å². The largest absolute Gasteiger partial charge is 0.325 e. The molecule has 0 spiro atoms. The first kappa shape index (κ1) is 15.4. The van der Waals surface area contributed by atoms with Crippen LogP contribution in [0.3, 0.4) is 0 Å². The Morgan fingerprint density at radius 3 is 2.83 bits per heavy atom. The molecule has 5 nitrogen and oxygen atoms in total. The number of nitrogens with zero attached hydrogens (tertiary/aromatic N) is 3. The predicted octanol–water partition coefficient (Wildman–Crippen LogP) is 3.10. The molecular formula is C16H13FN4OS. The quantitative estimate of drug-likeness (QED) is 0.938. The molecule has 1 N–H and O–H groups in total. The first-order valence-electron chi connectivity index (χ1n) is 6.93. The highest BCUT2D eigenvalue weighted by atomic mass is 32.2. The van der Waals surface area contributed by atoms with Crippen molar-refractivity contribution in [3.8, 4) is 0 Å². The summed E-state index contributed by atoms with van der Waals surface area (Å²) >= 11 is 1.30. The van der Waals surface area contributed by atoms with Crippen molar-refractivity contribution in [2.24, 2.45) is 10.2 Å². The Morgan fingerprint density at radius 2 is 2.04 bits per heavy atom. The number of para-hydroxylation sites is 1. The zero-order valence-corrected chi connectivity index (χ0v) is 12.9. The van der Waals surface area contributed by atoms with Gasteiger partial charge in [-0.15, -0.1) is 5.10 Å². The van der Waals surface area contributed by atoms with E-state index in [-0.39, 0.29) is 11.7 Å². The van der Waals surface area contributed by atoms with Crippen molar-refractivity contribution in [1.82, 2.24) is 4.98 Å². The van der Waals surface area contributed by atoms with E-state index < -0.39 is 5.82 Å². The van der Waals surface area contributed by atoms with E-state index in [0.717, 1.165) is 11.9 Å². The van der Waals surface area contributed by atoms with Gasteiger partial charge in [0.1, 0.15) is 5.04 Å². The highest BCUT2D eigenvalue weighted by molar-refractivity contribution is 8.14. The second-order valence-electron chi connectivity index (χ2n) is 4.78. The molecule has 0 atom stereocenters. The number of thioether (sulfide) groups is 1. The molecule has 116 valence electrons. The number of amides is 1. The van der Waals surface area contributed by atoms with Gasteiger partial charge in [-0.2, -0.15) is 5.10 Å². The van der Waals surface area contributed by atoms with Crippen LogP contribution >= 0.6 is 11.8 Å². The Balaban J connectivity index is 1.50. The van der Waals surface area contributed by atoms with Crippen LogP contribution in [0, 0.1) is 5.82 Å². The van der Waals surface area contributed by atoms with Gasteiger partial charge >= 0.3 is 0 Å². The van der Waals surface area contributed by atoms with E-state index >= 15 is 0 Å². The summed E-state index contributed by atoms with van der Waals surface area (Å²) in [6.07, 6.45) is 3.08. The Kier molecular flexibility index (Phi) is 4.77. The molecule has 0 fully saturated rings. The molecular weight excluding hydrogens is 315 g/mol. The van der Waals surface area contributed by atoms with Gasteiger partial charge in [0.15, 0.2) is 5.82 Å². The van der Waals surface area contributed by atoms with Gasteiger partial charge in [-0.1, -0.05) is 30.0 Å². The summed E-state index contributed by atoms with van der Waals surface area (Å²) in [5.41, 5.74) is 1.70. The second-order valence-corrected chi connectivity index (χ2v) is 5.82. The number of pyridine rings is 1. The van der Waals surface area contributed by atoms with Gasteiger partial charge in [-0.05, 0) is 18.2 Å². The lowest BCUT2D eigenvalue weighted by Crippen LogP contribution is -2.15. The van der Waals surface area contributed by atoms with Crippen molar-refractivity contribution in [2.75, 3.05) is 11.1 Å². The van der Waals surface area contributed by atoms with E-state index in [1.54, 1.807) is 6.07 Å². The van der Waals surface area contributed by atoms with Crippen LogP contribution in [-0.4, -0.2) is 27.4 Å². The van der Waals surface area contributed by atoms with Crippen LogP contribution < -0.4 is 5.32 Å². The molecule has 0 saturated carbocycles. The minimum Gasteiger partial charge on any atom is -0.325 e. The standard InChI is InChI=1S/C16H13FN4OS/c17-13-9-18-7-6-12(13)14-8-16(21-20-14)23-10-15(22)19-11-4-2-1-3-5-11/h1-7,9H,8,10H2,(H,19,22). The van der Waals surface area contributed by atoms with Gasteiger partial charge in [0, 0.05) is 23.9 Å². The molecule has 0 aliphatic carbocycles. The summed E-state index contributed by atoms with van der Waals surface area (Å²) in [5.74, 6) is -0.308. The van der Waals surface area contributed by atoms with Crippen molar-refractivity contribution in [1.29, 1.82) is 0 Å². The van der Waals surface area contributed by atoms with Crippen LogP contribution in [0.5, 0.6) is 0 Å². The zero-order chi connectivity index (χ0) is 16.1. The number of hydrogen-bond acceptors (Lipinski definition) is 5. The minimum absolute atomic E-state index is 0.118. The molecule has 2 heterocycles. The first-order chi connectivity index (χ1) is 11.2. The van der Waals surface area contributed by atoms with E-state index in [0.29, 0.717) is 22.7 Å². The van der Waals surface area contributed by atoms with Gasteiger partial charge in [-0.25, -0.2) is 4.39 Å². The number of halogens is 1. The van der Waals surface area contributed by atoms with E-state index in [2.05, 4.69) is 20.5 Å². The van der Waals surface area contributed by atoms with Crippen LogP contribution in [0.25, 0.3) is 0 Å². The van der Waals surface area contributed by atoms with Gasteiger partial charge in [0.2, 0.25) is 5.91 Å². The fourth-order valence-electron chi connectivity index (χ4n) is 2.04. The van der Waals surface area contributed by atoms with Crippen LogP contribution in [0.2, 0.25) is 0 Å². The van der Waals surface area contributed by atoms with Gasteiger partial charge in [-0.3, -0.25) is 9.78 Å². The first-order valence-corrected chi connectivity index (χ1v) is 7.92. The number of carbonyl (C=O) groups excluding carboxylic acids is 1. The van der Waals surface area contributed by atoms with Gasteiger partial charge < -0.3 is 5.32 Å². The third-order valence-electron chi connectivity index (χ3n) is 3.11. The van der Waals surface area contributed by atoms with Crippen LogP contribution in [-0.2, 0) is 4.79 Å². The third kappa shape index (κ3) is 4.01. The summed E-state index contributed by atoms with van der Waals surface area (Å²) in [6, 6.07) is 10.8. The van der Waals surface area contributed by atoms with Crippen LogP contribution in [0.1, 0.15) is 12.0 Å². The van der Waals surface area contributed by atoms with Crippen molar-refractivity contribution < 1.29 is 9.18 Å². The average Bonchev–Trinajstić information content (AvgIpc) is 3.03. The maximum absolute atomic E-state index is 13.7. The Hall–Kier alpha value is -2.54. The predicted molar refractivity (Wildman–Crippen MR) is 90.3 cm³/mol. The summed E-state index contributed by atoms with van der Waals surface area (Å²) in [6.45, 7) is 0. The number of anilines is 1. The molecule has 0 unspecified atom stereocenters. The molecule has 3 rings (SSSR count). The lowest BCUT2D eigenvalue weighted by Gasteiger charge is -2.05. The smallest absolute Gasteiger partial charge is 0.234 e. The van der Waals surface area contributed by atoms with Crippen molar-refractivity contribution in [3.05, 3.63) is 60.2 Å². The fraction of sp³-hybridized carbons (Fsp3) is 0.125. The van der Waals surface area contributed by atoms with Crippen molar-refractivity contribution in [3.63, 3.8) is 0 Å². The second kappa shape index (κ2) is 7.15. The number of aromatic nitrogens is 1. The molecule has 0 radical (unpaired) electrons. The lowest BCUT2D eigenvalue weighted by molar-refractivity contribution is -0.113. The lowest BCUT2D eigenvalue weighted by atomic mass is 10.1. The monoisotopic (exact) mass is 328 g/mol. The Morgan fingerprint density at radius 1 is 1.22 bits per heavy atom. The Bertz CT molecular complexity index is 777. The van der Waals surface area contributed by atoms with Gasteiger partial charge in [0.05, 0.1) is 17.7 Å². The summed E-state index contributed by atoms with van der Waals surface area (Å²) in [5, 5.41) is 11.5. The minimum atomic E-state index is -0.422. The van der Waals surface area contributed by atoms with Gasteiger partial charge in [0.25, 0.3) is 0 Å². The highest BCUT2D eigenvalue weighted by Crippen LogP contribution is 2.20. The maximum Gasteiger partial charge on any atom is 0.234 e. The number of carbonyl (C=O) groups is 1. The normalized spacial score (nSPS) is 13.4. The molecule has 1 amide bonds. The van der Waals surface area contributed by atoms with Crippen molar-refractivity contribution >= 4 is 34.1 Å². The van der Waals surface area contributed by atoms with E-state index in [9.17, 15) is 9.18 Å². The summed E-state index contributed by atoms with van der Waals surface area (Å²) < 4.78 is 13.7. The molecule has 2 aromatic rings. The van der Waals surface area contributed by atoms with E-state index in [4.69, 9.17) is 0 Å². The number of benzene rings is 1. The fourth-order valence-corrected chi connectivity index (χ4v) is 2.74. The number of hydrogen-bond donors (Lipinski definition) is 1. The topological polar surface area (TPSA) is 66.7 Å². The van der Waals surface area contributed by atoms with Crippen LogP contribution in [0.15, 0.2) is 59.0 Å². The third-order valence-corrected chi connectivity index (χ3v) is 4.08. The van der Waals surface area contributed by atoms with E-state index in [1.807, 2.05) is 30.3 Å². The molecule has 7 heteroatoms. The molecule has 23 heavy (non-hydrogen) atoms. The summed E-state index contributed by atoms with van der Waals surface area (Å²) in [7, 11) is 0. The molecule has 1 aromatic carbocycles. The maximum atomic E-state index is 13.7. The van der Waals surface area contributed by atoms with Crippen LogP contribution in [0.4, 0.5) is 10.1 Å². The Labute approximate surface area is 136 Å². The molecule has 1 aliphatic rings. The van der Waals surface area contributed by atoms with Crippen molar-refractivity contribution in [2.45, 2.75) is 6.42 Å². The molecule has 0 bridgehead atoms. The number of nitrogens with one attached hydrogen (secondary N) is 1.